The van der Waals surface area contributed by atoms with E-state index in [0.717, 1.165) is 18.4 Å². The molecule has 10 nitrogen and oxygen atoms in total. The zero-order chi connectivity index (χ0) is 38.5. The number of nitrogens with two attached hydrogens (primary N) is 1. The summed E-state index contributed by atoms with van der Waals surface area (Å²) in [7, 11) is 1.54. The van der Waals surface area contributed by atoms with Gasteiger partial charge in [-0.2, -0.15) is 0 Å². The van der Waals surface area contributed by atoms with Gasteiger partial charge >= 0.3 is 0 Å². The first-order chi connectivity index (χ1) is 26.7. The number of hydrogen-bond acceptors (Lipinski definition) is 9. The monoisotopic (exact) mass is 815 g/mol. The minimum atomic E-state index is -0.617. The SMILES string of the molecule is COc1cc(-c2cnc(N)c(-c3ccc(CC(=O)c4cn(CC5CCOCC5)cc(-c5ccc(Br)cc5F)c4=O)cc3F)c2)ccc1OCC1COCCO1. The van der Waals surface area contributed by atoms with E-state index in [-0.39, 0.29) is 46.5 Å². The molecule has 2 aromatic heterocycles. The molecule has 0 saturated carbocycles. The highest BCUT2D eigenvalue weighted by Crippen LogP contribution is 2.36. The maximum absolute atomic E-state index is 15.9. The Morgan fingerprint density at radius 1 is 0.891 bits per heavy atom. The molecule has 0 amide bonds. The molecule has 0 bridgehead atoms. The predicted molar refractivity (Wildman–Crippen MR) is 207 cm³/mol. The van der Waals surface area contributed by atoms with Crippen LogP contribution in [0.5, 0.6) is 11.5 Å². The number of rotatable bonds is 12. The van der Waals surface area contributed by atoms with Crippen molar-refractivity contribution in [2.45, 2.75) is 31.9 Å². The quantitative estimate of drug-likeness (QED) is 0.127. The smallest absolute Gasteiger partial charge is 0.200 e. The molecule has 2 fully saturated rings. The molecule has 286 valence electrons. The number of anilines is 1. The number of nitrogens with zero attached hydrogens (tertiary/aromatic N) is 2. The van der Waals surface area contributed by atoms with Crippen LogP contribution in [0, 0.1) is 17.6 Å². The van der Waals surface area contributed by atoms with Gasteiger partial charge in [0.15, 0.2) is 22.7 Å². The Hall–Kier alpha value is -4.95. The standard InChI is InChI=1S/C42H40BrF2N3O7/c1-51-40-17-27(3-7-39(40)55-24-30-23-53-12-13-54-30)28-16-33(42(46)47-19-28)31-5-2-26(14-36(31)44)15-38(49)35-22-48(20-25-8-10-52-11-9-25)21-34(41(35)50)32-6-4-29(43)18-37(32)45/h2-7,14,16-19,21-22,25,30H,8-13,15,20,23-24H2,1H3,(H2,46,47). The van der Waals surface area contributed by atoms with Gasteiger partial charge in [-0.15, -0.1) is 0 Å². The average molecular weight is 817 g/mol. The van der Waals surface area contributed by atoms with Crippen LogP contribution in [0.4, 0.5) is 14.6 Å². The van der Waals surface area contributed by atoms with Gasteiger partial charge in [0.2, 0.25) is 0 Å². The van der Waals surface area contributed by atoms with Crippen LogP contribution >= 0.6 is 15.9 Å². The molecule has 0 spiro atoms. The first-order valence-electron chi connectivity index (χ1n) is 18.0. The summed E-state index contributed by atoms with van der Waals surface area (Å²) in [5, 5.41) is 0. The molecule has 1 atom stereocenters. The number of ether oxygens (including phenoxy) is 5. The molecule has 2 saturated heterocycles. The third kappa shape index (κ3) is 8.97. The first-order valence-corrected chi connectivity index (χ1v) is 18.8. The maximum atomic E-state index is 15.9. The van der Waals surface area contributed by atoms with Crippen molar-refractivity contribution in [3.8, 4) is 44.9 Å². The van der Waals surface area contributed by atoms with Crippen LogP contribution in [0.15, 0.2) is 88.5 Å². The van der Waals surface area contributed by atoms with Gasteiger partial charge in [0, 0.05) is 77.1 Å². The second-order valence-corrected chi connectivity index (χ2v) is 14.5. The van der Waals surface area contributed by atoms with Crippen molar-refractivity contribution < 1.29 is 37.3 Å². The van der Waals surface area contributed by atoms with Crippen LogP contribution in [-0.2, 0) is 27.2 Å². The number of nitrogen functional groups attached to an aromatic ring is 1. The summed E-state index contributed by atoms with van der Waals surface area (Å²) in [5.41, 5.74) is 8.06. The van der Waals surface area contributed by atoms with E-state index >= 15 is 8.78 Å². The highest BCUT2D eigenvalue weighted by atomic mass is 79.9. The topological polar surface area (TPSA) is 124 Å². The van der Waals surface area contributed by atoms with Gasteiger partial charge in [-0.3, -0.25) is 9.59 Å². The lowest BCUT2D eigenvalue weighted by atomic mass is 9.96. The normalized spacial score (nSPS) is 16.2. The Labute approximate surface area is 325 Å². The van der Waals surface area contributed by atoms with E-state index in [1.165, 1.54) is 24.4 Å². The van der Waals surface area contributed by atoms with Gasteiger partial charge in [0.05, 0.1) is 32.5 Å². The molecule has 7 rings (SSSR count). The van der Waals surface area contributed by atoms with Crippen molar-refractivity contribution in [2.75, 3.05) is 52.5 Å². The van der Waals surface area contributed by atoms with E-state index in [2.05, 4.69) is 20.9 Å². The molecule has 5 aromatic rings. The summed E-state index contributed by atoms with van der Waals surface area (Å²) < 4.78 is 61.5. The predicted octanol–water partition coefficient (Wildman–Crippen LogP) is 7.52. The molecule has 13 heteroatoms. The zero-order valence-electron chi connectivity index (χ0n) is 30.2. The molecular formula is C42H40BrF2N3O7. The van der Waals surface area contributed by atoms with E-state index in [1.807, 2.05) is 6.07 Å². The van der Waals surface area contributed by atoms with E-state index in [0.29, 0.717) is 78.8 Å². The average Bonchev–Trinajstić information content (AvgIpc) is 3.19. The van der Waals surface area contributed by atoms with Crippen LogP contribution in [0.3, 0.4) is 0 Å². The van der Waals surface area contributed by atoms with Gasteiger partial charge in [0.25, 0.3) is 0 Å². The Bertz CT molecular complexity index is 2250. The summed E-state index contributed by atoms with van der Waals surface area (Å²) in [4.78, 5) is 31.9. The second kappa shape index (κ2) is 17.2. The fourth-order valence-corrected chi connectivity index (χ4v) is 7.19. The summed E-state index contributed by atoms with van der Waals surface area (Å²) in [6, 6.07) is 16.0. The van der Waals surface area contributed by atoms with Crippen molar-refractivity contribution >= 4 is 27.5 Å². The van der Waals surface area contributed by atoms with E-state index in [1.54, 1.807) is 60.5 Å². The number of ketones is 1. The molecule has 1 unspecified atom stereocenters. The van der Waals surface area contributed by atoms with E-state index < -0.39 is 22.8 Å². The Morgan fingerprint density at radius 2 is 1.67 bits per heavy atom. The maximum Gasteiger partial charge on any atom is 0.200 e. The van der Waals surface area contributed by atoms with Gasteiger partial charge in [-0.1, -0.05) is 40.2 Å². The Kier molecular flexibility index (Phi) is 12.0. The summed E-state index contributed by atoms with van der Waals surface area (Å²) in [5.74, 6) is -0.306. The molecule has 55 heavy (non-hydrogen) atoms. The fourth-order valence-electron chi connectivity index (χ4n) is 6.86. The number of Topliss-reactive ketones (excluding diaryl/α,β-unsaturated/α-hetero) is 1. The van der Waals surface area contributed by atoms with Crippen LogP contribution in [0.2, 0.25) is 0 Å². The number of hydrogen-bond donors (Lipinski definition) is 1. The minimum Gasteiger partial charge on any atom is -0.493 e. The number of methoxy groups -OCH3 is 1. The molecule has 2 aliphatic heterocycles. The molecular weight excluding hydrogens is 776 g/mol. The second-order valence-electron chi connectivity index (χ2n) is 13.6. The van der Waals surface area contributed by atoms with Crippen LogP contribution in [0.25, 0.3) is 33.4 Å². The van der Waals surface area contributed by atoms with Crippen LogP contribution in [0.1, 0.15) is 28.8 Å². The number of aromatic nitrogens is 2. The minimum absolute atomic E-state index is 0.0798. The van der Waals surface area contributed by atoms with Gasteiger partial charge in [-0.25, -0.2) is 13.8 Å². The third-order valence-electron chi connectivity index (χ3n) is 9.82. The van der Waals surface area contributed by atoms with E-state index in [9.17, 15) is 9.59 Å². The lowest BCUT2D eigenvalue weighted by Gasteiger charge is -2.23. The zero-order valence-corrected chi connectivity index (χ0v) is 31.8. The Morgan fingerprint density at radius 3 is 2.42 bits per heavy atom. The number of pyridine rings is 2. The molecule has 0 aliphatic carbocycles. The van der Waals surface area contributed by atoms with Crippen molar-refractivity contribution in [2.24, 2.45) is 5.92 Å². The number of carbonyl (C=O) groups is 1. The van der Waals surface area contributed by atoms with Gasteiger partial charge in [0.1, 0.15) is 30.2 Å². The fraction of sp³-hybridized carbons (Fsp3) is 0.310. The molecule has 2 N–H and O–H groups in total. The third-order valence-corrected chi connectivity index (χ3v) is 10.3. The van der Waals surface area contributed by atoms with Crippen molar-refractivity contribution in [1.29, 1.82) is 0 Å². The molecule has 3 aromatic carbocycles. The molecule has 2 aliphatic rings. The summed E-state index contributed by atoms with van der Waals surface area (Å²) in [6.07, 6.45) is 5.95. The number of carbonyl (C=O) groups excluding carboxylic acids is 1. The van der Waals surface area contributed by atoms with Gasteiger partial charge < -0.3 is 34.0 Å². The molecule has 4 heterocycles. The lowest BCUT2D eigenvalue weighted by molar-refractivity contribution is -0.101. The van der Waals surface area contributed by atoms with Crippen molar-refractivity contribution in [1.82, 2.24) is 9.55 Å². The van der Waals surface area contributed by atoms with Gasteiger partial charge in [-0.05, 0) is 66.3 Å². The van der Waals surface area contributed by atoms with Crippen molar-refractivity contribution in [3.63, 3.8) is 0 Å². The number of benzene rings is 3. The highest BCUT2D eigenvalue weighted by molar-refractivity contribution is 9.10. The lowest BCUT2D eigenvalue weighted by Crippen LogP contribution is -2.33. The summed E-state index contributed by atoms with van der Waals surface area (Å²) >= 11 is 3.26. The first kappa shape index (κ1) is 38.3. The highest BCUT2D eigenvalue weighted by Gasteiger charge is 2.22. The Balaban J connectivity index is 1.13. The number of halogens is 3. The van der Waals surface area contributed by atoms with Crippen LogP contribution < -0.4 is 20.6 Å². The van der Waals surface area contributed by atoms with E-state index in [4.69, 9.17) is 29.4 Å². The summed E-state index contributed by atoms with van der Waals surface area (Å²) in [6.45, 7) is 3.63. The molecule has 0 radical (unpaired) electrons. The largest absolute Gasteiger partial charge is 0.493 e. The van der Waals surface area contributed by atoms with Crippen molar-refractivity contribution in [3.05, 3.63) is 117 Å². The van der Waals surface area contributed by atoms with Crippen LogP contribution in [-0.4, -0.2) is 68.2 Å².